The quantitative estimate of drug-likeness (QED) is 0.344. The summed E-state index contributed by atoms with van der Waals surface area (Å²) in [6.45, 7) is 3.17. The first kappa shape index (κ1) is 13.8. The summed E-state index contributed by atoms with van der Waals surface area (Å²) >= 11 is 0. The Balaban J connectivity index is 2.36. The van der Waals surface area contributed by atoms with Crippen molar-refractivity contribution < 1.29 is 10.0 Å². The van der Waals surface area contributed by atoms with Crippen LogP contribution in [-0.4, -0.2) is 21.9 Å². The summed E-state index contributed by atoms with van der Waals surface area (Å²) in [6.07, 6.45) is 3.38. The fourth-order valence-electron chi connectivity index (χ4n) is 1.75. The third-order valence-electron chi connectivity index (χ3n) is 3.24. The van der Waals surface area contributed by atoms with Gasteiger partial charge in [0.15, 0.2) is 5.84 Å². The lowest BCUT2D eigenvalue weighted by atomic mass is 9.90. The number of benzene rings is 1. The molecule has 1 aromatic carbocycles. The molecule has 1 heterocycles. The molecule has 0 atom stereocenters. The highest BCUT2D eigenvalue weighted by Crippen LogP contribution is 2.25. The number of amides is 1. The Labute approximate surface area is 116 Å². The smallest absolute Gasteiger partial charge is 0.237 e. The van der Waals surface area contributed by atoms with Crippen molar-refractivity contribution in [2.24, 2.45) is 16.3 Å². The van der Waals surface area contributed by atoms with Crippen LogP contribution in [0.2, 0.25) is 0 Å². The molecule has 20 heavy (non-hydrogen) atoms. The van der Waals surface area contributed by atoms with Crippen molar-refractivity contribution in [3.05, 3.63) is 36.7 Å². The van der Waals surface area contributed by atoms with E-state index in [4.69, 9.17) is 10.9 Å². The fourth-order valence-corrected chi connectivity index (χ4v) is 1.75. The molecule has 0 aliphatic carbocycles. The van der Waals surface area contributed by atoms with Crippen molar-refractivity contribution in [2.75, 3.05) is 5.32 Å². The van der Waals surface area contributed by atoms with Crippen molar-refractivity contribution in [3.8, 4) is 0 Å². The second kappa shape index (κ2) is 5.16. The summed E-state index contributed by atoms with van der Waals surface area (Å²) in [5.41, 5.74) is 5.10. The third kappa shape index (κ3) is 2.40. The first-order valence-corrected chi connectivity index (χ1v) is 6.09. The van der Waals surface area contributed by atoms with Gasteiger partial charge in [-0.15, -0.1) is 0 Å². The van der Waals surface area contributed by atoms with Crippen molar-refractivity contribution in [2.45, 2.75) is 13.8 Å². The number of nitrogens with two attached hydrogens (primary N) is 1. The van der Waals surface area contributed by atoms with E-state index in [2.05, 4.69) is 15.5 Å². The molecule has 0 saturated carbocycles. The Morgan fingerprint density at radius 2 is 2.15 bits per heavy atom. The number of amidine groups is 1. The van der Waals surface area contributed by atoms with Crippen LogP contribution in [0, 0.1) is 5.41 Å². The van der Waals surface area contributed by atoms with Crippen molar-refractivity contribution >= 4 is 28.2 Å². The molecule has 0 radical (unpaired) electrons. The van der Waals surface area contributed by atoms with Gasteiger partial charge in [-0.05, 0) is 26.0 Å². The molecule has 104 valence electrons. The summed E-state index contributed by atoms with van der Waals surface area (Å²) in [5.74, 6) is -0.492. The molecule has 0 aliphatic heterocycles. The molecule has 2 aromatic rings. The van der Waals surface area contributed by atoms with Crippen LogP contribution >= 0.6 is 0 Å². The molecule has 0 unspecified atom stereocenters. The molecule has 6 nitrogen and oxygen atoms in total. The molecular formula is C14H16N4O2. The standard InChI is InChI=1S/C14H16N4O2/c1-14(2,12(15)18-20)13(19)17-11-5-3-4-9-8-16-7-6-10(9)11/h3-8,20H,1-2H3,(H2,15,18)(H,17,19). The Bertz CT molecular complexity index is 674. The number of fused-ring (bicyclic) bond motifs is 1. The Hall–Kier alpha value is -2.63. The average molecular weight is 272 g/mol. The number of oxime groups is 1. The number of carbonyl (C=O) groups excluding carboxylic acids is 1. The van der Waals surface area contributed by atoms with Crippen LogP contribution < -0.4 is 11.1 Å². The van der Waals surface area contributed by atoms with Crippen LogP contribution in [0.25, 0.3) is 10.8 Å². The van der Waals surface area contributed by atoms with Gasteiger partial charge in [-0.2, -0.15) is 0 Å². The van der Waals surface area contributed by atoms with Crippen molar-refractivity contribution in [1.29, 1.82) is 0 Å². The average Bonchev–Trinajstić information content (AvgIpc) is 2.46. The number of pyridine rings is 1. The molecule has 0 saturated heterocycles. The zero-order chi connectivity index (χ0) is 14.8. The number of hydrogen-bond acceptors (Lipinski definition) is 4. The molecule has 0 bridgehead atoms. The summed E-state index contributed by atoms with van der Waals surface area (Å²) in [6, 6.07) is 7.35. The highest BCUT2D eigenvalue weighted by atomic mass is 16.4. The predicted molar refractivity (Wildman–Crippen MR) is 77.6 cm³/mol. The molecule has 4 N–H and O–H groups in total. The number of rotatable bonds is 3. The summed E-state index contributed by atoms with van der Waals surface area (Å²) in [4.78, 5) is 16.3. The molecular weight excluding hydrogens is 256 g/mol. The van der Waals surface area contributed by atoms with Gasteiger partial charge in [0.25, 0.3) is 0 Å². The van der Waals surface area contributed by atoms with Gasteiger partial charge in [0.1, 0.15) is 5.41 Å². The SMILES string of the molecule is CC(C)(C(=O)Nc1cccc2cnccc12)C(N)=NO. The molecule has 0 fully saturated rings. The number of nitrogens with one attached hydrogen (secondary N) is 1. The van der Waals surface area contributed by atoms with Gasteiger partial charge in [-0.3, -0.25) is 9.78 Å². The molecule has 0 spiro atoms. The van der Waals surface area contributed by atoms with Gasteiger partial charge < -0.3 is 16.3 Å². The van der Waals surface area contributed by atoms with E-state index in [1.807, 2.05) is 18.2 Å². The van der Waals surface area contributed by atoms with E-state index < -0.39 is 5.41 Å². The minimum Gasteiger partial charge on any atom is -0.409 e. The number of hydrogen-bond donors (Lipinski definition) is 3. The Morgan fingerprint density at radius 1 is 1.40 bits per heavy atom. The van der Waals surface area contributed by atoms with E-state index in [0.717, 1.165) is 10.8 Å². The first-order chi connectivity index (χ1) is 9.46. The van der Waals surface area contributed by atoms with Crippen LogP contribution in [0.15, 0.2) is 41.8 Å². The van der Waals surface area contributed by atoms with Crippen LogP contribution in [0.3, 0.4) is 0 Å². The van der Waals surface area contributed by atoms with E-state index in [0.29, 0.717) is 5.69 Å². The minimum absolute atomic E-state index is 0.142. The fraction of sp³-hybridized carbons (Fsp3) is 0.214. The number of anilines is 1. The lowest BCUT2D eigenvalue weighted by Crippen LogP contribution is -2.42. The molecule has 2 rings (SSSR count). The van der Waals surface area contributed by atoms with Crippen LogP contribution in [0.5, 0.6) is 0 Å². The zero-order valence-corrected chi connectivity index (χ0v) is 11.3. The van der Waals surface area contributed by atoms with E-state index in [-0.39, 0.29) is 11.7 Å². The maximum Gasteiger partial charge on any atom is 0.237 e. The molecule has 0 aliphatic rings. The van der Waals surface area contributed by atoms with Crippen molar-refractivity contribution in [1.82, 2.24) is 4.98 Å². The maximum absolute atomic E-state index is 12.3. The topological polar surface area (TPSA) is 101 Å². The zero-order valence-electron chi connectivity index (χ0n) is 11.3. The minimum atomic E-state index is -1.11. The van der Waals surface area contributed by atoms with E-state index in [9.17, 15) is 4.79 Å². The molecule has 6 heteroatoms. The summed E-state index contributed by atoms with van der Waals surface area (Å²) < 4.78 is 0. The normalized spacial score (nSPS) is 12.4. The van der Waals surface area contributed by atoms with E-state index in [1.54, 1.807) is 32.3 Å². The summed E-state index contributed by atoms with van der Waals surface area (Å²) in [7, 11) is 0. The second-order valence-electron chi connectivity index (χ2n) is 4.97. The van der Waals surface area contributed by atoms with Gasteiger partial charge in [0.05, 0.1) is 0 Å². The van der Waals surface area contributed by atoms with Crippen LogP contribution in [0.4, 0.5) is 5.69 Å². The summed E-state index contributed by atoms with van der Waals surface area (Å²) in [5, 5.41) is 16.2. The van der Waals surface area contributed by atoms with Gasteiger partial charge in [-0.25, -0.2) is 0 Å². The molecule has 1 amide bonds. The lowest BCUT2D eigenvalue weighted by molar-refractivity contribution is -0.121. The maximum atomic E-state index is 12.3. The highest BCUT2D eigenvalue weighted by molar-refractivity contribution is 6.13. The second-order valence-corrected chi connectivity index (χ2v) is 4.97. The van der Waals surface area contributed by atoms with Gasteiger partial charge in [0.2, 0.25) is 5.91 Å². The van der Waals surface area contributed by atoms with Gasteiger partial charge in [0, 0.05) is 28.9 Å². The lowest BCUT2D eigenvalue weighted by Gasteiger charge is -2.22. The Kier molecular flexibility index (Phi) is 3.56. The monoisotopic (exact) mass is 272 g/mol. The number of carbonyl (C=O) groups is 1. The number of nitrogens with zero attached hydrogens (tertiary/aromatic N) is 2. The first-order valence-electron chi connectivity index (χ1n) is 6.09. The highest BCUT2D eigenvalue weighted by Gasteiger charge is 2.33. The third-order valence-corrected chi connectivity index (χ3v) is 3.24. The van der Waals surface area contributed by atoms with Crippen LogP contribution in [0.1, 0.15) is 13.8 Å². The van der Waals surface area contributed by atoms with E-state index in [1.165, 1.54) is 0 Å². The van der Waals surface area contributed by atoms with Crippen molar-refractivity contribution in [3.63, 3.8) is 0 Å². The largest absolute Gasteiger partial charge is 0.409 e. The predicted octanol–water partition coefficient (Wildman–Crippen LogP) is 1.95. The molecule has 1 aromatic heterocycles. The van der Waals surface area contributed by atoms with E-state index >= 15 is 0 Å². The van der Waals surface area contributed by atoms with Gasteiger partial charge >= 0.3 is 0 Å². The van der Waals surface area contributed by atoms with Gasteiger partial charge in [-0.1, -0.05) is 17.3 Å². The Morgan fingerprint density at radius 3 is 2.85 bits per heavy atom. The van der Waals surface area contributed by atoms with Crippen LogP contribution in [-0.2, 0) is 4.79 Å². The number of aromatic nitrogens is 1.